The Hall–Kier alpha value is -0.890. The largest absolute Gasteiger partial charge is 0.325 e. The van der Waals surface area contributed by atoms with Crippen molar-refractivity contribution in [2.24, 2.45) is 5.73 Å². The molecule has 2 heteroatoms. The summed E-state index contributed by atoms with van der Waals surface area (Å²) in [5, 5.41) is 0. The lowest BCUT2D eigenvalue weighted by Crippen LogP contribution is -2.22. The summed E-state index contributed by atoms with van der Waals surface area (Å²) in [5.74, 6) is -0.0349. The highest BCUT2D eigenvalue weighted by Gasteiger charge is 2.37. The molecule has 1 aliphatic carbocycles. The van der Waals surface area contributed by atoms with E-state index in [9.17, 15) is 4.39 Å². The van der Waals surface area contributed by atoms with E-state index >= 15 is 0 Å². The third-order valence-electron chi connectivity index (χ3n) is 3.85. The Balaban J connectivity index is 2.24. The fourth-order valence-electron chi connectivity index (χ4n) is 2.22. The molecule has 0 aliphatic heterocycles. The number of benzene rings is 1. The fraction of sp³-hybridized carbons (Fsp3) is 0.571. The normalized spacial score (nSPS) is 17.6. The average molecular weight is 221 g/mol. The predicted molar refractivity (Wildman–Crippen MR) is 65.1 cm³/mol. The van der Waals surface area contributed by atoms with E-state index in [4.69, 9.17) is 5.73 Å². The van der Waals surface area contributed by atoms with Gasteiger partial charge < -0.3 is 5.73 Å². The van der Waals surface area contributed by atoms with E-state index in [1.54, 1.807) is 0 Å². The first kappa shape index (κ1) is 11.6. The van der Waals surface area contributed by atoms with E-state index in [1.165, 1.54) is 5.56 Å². The van der Waals surface area contributed by atoms with Crippen molar-refractivity contribution in [1.82, 2.24) is 0 Å². The van der Waals surface area contributed by atoms with Crippen molar-refractivity contribution >= 4 is 0 Å². The number of hydrogen-bond donors (Lipinski definition) is 1. The maximum atomic E-state index is 14.0. The molecule has 2 rings (SSSR count). The molecule has 0 unspecified atom stereocenters. The maximum Gasteiger partial charge on any atom is 0.129 e. The molecule has 1 saturated carbocycles. The molecule has 88 valence electrons. The Morgan fingerprint density at radius 1 is 1.25 bits per heavy atom. The fourth-order valence-corrected chi connectivity index (χ4v) is 2.22. The van der Waals surface area contributed by atoms with Crippen LogP contribution in [0, 0.1) is 26.6 Å². The van der Waals surface area contributed by atoms with E-state index in [-0.39, 0.29) is 11.4 Å². The molecular weight excluding hydrogens is 201 g/mol. The van der Waals surface area contributed by atoms with Crippen molar-refractivity contribution in [2.75, 3.05) is 0 Å². The van der Waals surface area contributed by atoms with Crippen molar-refractivity contribution < 1.29 is 4.39 Å². The second-order valence-corrected chi connectivity index (χ2v) is 5.29. The highest BCUT2D eigenvalue weighted by Crippen LogP contribution is 2.37. The SMILES string of the molecule is Cc1cc(C)c(F)c(CCC2(N)CC2)c1C. The molecular formula is C14H20FN. The van der Waals surface area contributed by atoms with Gasteiger partial charge in [0.2, 0.25) is 0 Å². The van der Waals surface area contributed by atoms with Gasteiger partial charge in [-0.25, -0.2) is 4.39 Å². The van der Waals surface area contributed by atoms with Crippen molar-refractivity contribution in [3.8, 4) is 0 Å². The highest BCUT2D eigenvalue weighted by molar-refractivity contribution is 5.39. The molecule has 0 bridgehead atoms. The van der Waals surface area contributed by atoms with Crippen molar-refractivity contribution in [2.45, 2.75) is 52.0 Å². The van der Waals surface area contributed by atoms with Gasteiger partial charge in [-0.2, -0.15) is 0 Å². The second-order valence-electron chi connectivity index (χ2n) is 5.29. The summed E-state index contributed by atoms with van der Waals surface area (Å²) < 4.78 is 14.0. The van der Waals surface area contributed by atoms with Gasteiger partial charge in [-0.05, 0) is 68.7 Å². The Morgan fingerprint density at radius 3 is 2.44 bits per heavy atom. The topological polar surface area (TPSA) is 26.0 Å². The molecule has 2 N–H and O–H groups in total. The molecule has 0 radical (unpaired) electrons. The molecule has 0 aromatic heterocycles. The number of rotatable bonds is 3. The first-order valence-corrected chi connectivity index (χ1v) is 5.97. The van der Waals surface area contributed by atoms with Gasteiger partial charge in [0.1, 0.15) is 5.82 Å². The van der Waals surface area contributed by atoms with Gasteiger partial charge in [0.15, 0.2) is 0 Å². The third kappa shape index (κ3) is 2.12. The van der Waals surface area contributed by atoms with Crippen LogP contribution in [0.1, 0.15) is 41.5 Å². The van der Waals surface area contributed by atoms with Crippen molar-refractivity contribution in [3.05, 3.63) is 34.1 Å². The van der Waals surface area contributed by atoms with Crippen LogP contribution in [0.2, 0.25) is 0 Å². The van der Waals surface area contributed by atoms with Crippen molar-refractivity contribution in [1.29, 1.82) is 0 Å². The second kappa shape index (κ2) is 3.85. The summed E-state index contributed by atoms with van der Waals surface area (Å²) in [7, 11) is 0. The quantitative estimate of drug-likeness (QED) is 0.833. The smallest absolute Gasteiger partial charge is 0.129 e. The lowest BCUT2D eigenvalue weighted by molar-refractivity contribution is 0.563. The van der Waals surface area contributed by atoms with Crippen LogP contribution in [0.5, 0.6) is 0 Å². The number of halogens is 1. The van der Waals surface area contributed by atoms with Gasteiger partial charge >= 0.3 is 0 Å². The zero-order chi connectivity index (χ0) is 11.9. The highest BCUT2D eigenvalue weighted by atomic mass is 19.1. The van der Waals surface area contributed by atoms with Gasteiger partial charge in [0, 0.05) is 5.54 Å². The predicted octanol–water partition coefficient (Wildman–Crippen LogP) is 3.17. The number of nitrogens with two attached hydrogens (primary N) is 1. The van der Waals surface area contributed by atoms with Gasteiger partial charge in [0.05, 0.1) is 0 Å². The molecule has 1 aliphatic rings. The molecule has 0 saturated heterocycles. The number of aryl methyl sites for hydroxylation is 2. The van der Waals surface area contributed by atoms with Crippen LogP contribution in [0.3, 0.4) is 0 Å². The van der Waals surface area contributed by atoms with Crippen LogP contribution in [0.4, 0.5) is 4.39 Å². The maximum absolute atomic E-state index is 14.0. The van der Waals surface area contributed by atoms with E-state index < -0.39 is 0 Å². The van der Waals surface area contributed by atoms with Crippen LogP contribution in [-0.4, -0.2) is 5.54 Å². The van der Waals surface area contributed by atoms with E-state index in [1.807, 2.05) is 26.8 Å². The molecule has 16 heavy (non-hydrogen) atoms. The molecule has 0 heterocycles. The lowest BCUT2D eigenvalue weighted by Gasteiger charge is -2.14. The molecule has 0 spiro atoms. The van der Waals surface area contributed by atoms with Crippen LogP contribution in [0.25, 0.3) is 0 Å². The zero-order valence-electron chi connectivity index (χ0n) is 10.4. The van der Waals surface area contributed by atoms with Gasteiger partial charge in [-0.3, -0.25) is 0 Å². The Bertz CT molecular complexity index is 393. The van der Waals surface area contributed by atoms with E-state index in [2.05, 4.69) is 0 Å². The summed E-state index contributed by atoms with van der Waals surface area (Å²) in [6, 6.07) is 1.92. The Kier molecular flexibility index (Phi) is 2.79. The standard InChI is InChI=1S/C14H20FN/c1-9-8-10(2)13(15)12(11(9)3)4-5-14(16)6-7-14/h8H,4-7,16H2,1-3H3. The molecule has 1 fully saturated rings. The molecule has 1 aromatic rings. The van der Waals surface area contributed by atoms with Crippen LogP contribution in [0.15, 0.2) is 6.07 Å². The van der Waals surface area contributed by atoms with Crippen LogP contribution < -0.4 is 5.73 Å². The summed E-state index contributed by atoms with van der Waals surface area (Å²) in [5.41, 5.74) is 9.95. The summed E-state index contributed by atoms with van der Waals surface area (Å²) >= 11 is 0. The first-order valence-electron chi connectivity index (χ1n) is 5.97. The van der Waals surface area contributed by atoms with Crippen LogP contribution >= 0.6 is 0 Å². The zero-order valence-corrected chi connectivity index (χ0v) is 10.4. The lowest BCUT2D eigenvalue weighted by atomic mass is 9.94. The molecule has 0 atom stereocenters. The minimum atomic E-state index is -0.0349. The van der Waals surface area contributed by atoms with Gasteiger partial charge in [-0.1, -0.05) is 6.07 Å². The van der Waals surface area contributed by atoms with Crippen molar-refractivity contribution in [3.63, 3.8) is 0 Å². The van der Waals surface area contributed by atoms with Crippen LogP contribution in [-0.2, 0) is 6.42 Å². The van der Waals surface area contributed by atoms with Gasteiger partial charge in [-0.15, -0.1) is 0 Å². The first-order chi connectivity index (χ1) is 7.43. The minimum absolute atomic E-state index is 0.0104. The summed E-state index contributed by atoms with van der Waals surface area (Å²) in [6.07, 6.45) is 3.88. The third-order valence-corrected chi connectivity index (χ3v) is 3.85. The van der Waals surface area contributed by atoms with E-state index in [0.29, 0.717) is 0 Å². The number of hydrogen-bond acceptors (Lipinski definition) is 1. The molecule has 1 aromatic carbocycles. The summed E-state index contributed by atoms with van der Waals surface area (Å²) in [6.45, 7) is 5.88. The summed E-state index contributed by atoms with van der Waals surface area (Å²) in [4.78, 5) is 0. The minimum Gasteiger partial charge on any atom is -0.325 e. The average Bonchev–Trinajstić information content (AvgIpc) is 2.94. The van der Waals surface area contributed by atoms with E-state index in [0.717, 1.165) is 42.4 Å². The van der Waals surface area contributed by atoms with Gasteiger partial charge in [0.25, 0.3) is 0 Å². The Labute approximate surface area is 96.9 Å². The molecule has 0 amide bonds. The Morgan fingerprint density at radius 2 is 1.88 bits per heavy atom. The molecule has 1 nitrogen and oxygen atoms in total. The monoisotopic (exact) mass is 221 g/mol.